The van der Waals surface area contributed by atoms with E-state index in [1.807, 2.05) is 0 Å². The fourth-order valence-corrected chi connectivity index (χ4v) is 2.00. The maximum atomic E-state index is 5.89. The van der Waals surface area contributed by atoms with Crippen LogP contribution in [-0.4, -0.2) is 44.7 Å². The predicted molar refractivity (Wildman–Crippen MR) is 56.7 cm³/mol. The average Bonchev–Trinajstić information content (AvgIpc) is 2.16. The van der Waals surface area contributed by atoms with E-state index in [9.17, 15) is 0 Å². The molecule has 0 aromatic heterocycles. The molecule has 15 heavy (non-hydrogen) atoms. The standard InChI is InChI=1S/C11H21NO3/c1-13-5-6-14-11-9(12)7-10(11)15-8-3-2-4-8/h8-11H,2-7,12H2,1H3. The summed E-state index contributed by atoms with van der Waals surface area (Å²) in [7, 11) is 1.67. The van der Waals surface area contributed by atoms with Crippen molar-refractivity contribution in [2.75, 3.05) is 20.3 Å². The first-order valence-corrected chi connectivity index (χ1v) is 5.83. The first-order chi connectivity index (χ1) is 7.31. The fourth-order valence-electron chi connectivity index (χ4n) is 2.00. The van der Waals surface area contributed by atoms with Gasteiger partial charge in [-0.15, -0.1) is 0 Å². The minimum absolute atomic E-state index is 0.0840. The van der Waals surface area contributed by atoms with Crippen molar-refractivity contribution in [3.63, 3.8) is 0 Å². The molecule has 2 rings (SSSR count). The molecule has 0 heterocycles. The van der Waals surface area contributed by atoms with Gasteiger partial charge in [-0.3, -0.25) is 0 Å². The summed E-state index contributed by atoms with van der Waals surface area (Å²) in [6, 6.07) is 0.145. The van der Waals surface area contributed by atoms with Gasteiger partial charge in [0, 0.05) is 13.2 Å². The zero-order chi connectivity index (χ0) is 10.7. The highest BCUT2D eigenvalue weighted by molar-refractivity contribution is 4.96. The SMILES string of the molecule is COCCOC1C(N)CC1OC1CCC1. The Kier molecular flexibility index (Phi) is 3.97. The summed E-state index contributed by atoms with van der Waals surface area (Å²) in [5.74, 6) is 0. The van der Waals surface area contributed by atoms with Gasteiger partial charge in [0.1, 0.15) is 0 Å². The molecule has 0 saturated heterocycles. The van der Waals surface area contributed by atoms with E-state index in [4.69, 9.17) is 19.9 Å². The Bertz CT molecular complexity index is 196. The van der Waals surface area contributed by atoms with Crippen LogP contribution < -0.4 is 5.73 Å². The number of ether oxygens (including phenoxy) is 3. The minimum atomic E-state index is 0.0840. The van der Waals surface area contributed by atoms with E-state index < -0.39 is 0 Å². The van der Waals surface area contributed by atoms with Crippen LogP contribution in [-0.2, 0) is 14.2 Å². The quantitative estimate of drug-likeness (QED) is 0.662. The van der Waals surface area contributed by atoms with Gasteiger partial charge in [-0.2, -0.15) is 0 Å². The lowest BCUT2D eigenvalue weighted by atomic mass is 9.85. The van der Waals surface area contributed by atoms with Crippen LogP contribution in [0.2, 0.25) is 0 Å². The Morgan fingerprint density at radius 2 is 2.07 bits per heavy atom. The Morgan fingerprint density at radius 1 is 1.27 bits per heavy atom. The van der Waals surface area contributed by atoms with Crippen LogP contribution in [0.15, 0.2) is 0 Å². The van der Waals surface area contributed by atoms with Crippen LogP contribution in [0.5, 0.6) is 0 Å². The molecule has 0 aromatic carbocycles. The molecule has 88 valence electrons. The Labute approximate surface area is 91.1 Å². The molecule has 2 saturated carbocycles. The van der Waals surface area contributed by atoms with Crippen molar-refractivity contribution in [2.45, 2.75) is 50.0 Å². The smallest absolute Gasteiger partial charge is 0.0989 e. The molecule has 2 aliphatic carbocycles. The maximum absolute atomic E-state index is 5.89. The van der Waals surface area contributed by atoms with Crippen LogP contribution in [0.1, 0.15) is 25.7 Å². The van der Waals surface area contributed by atoms with E-state index in [-0.39, 0.29) is 18.2 Å². The normalized spacial score (nSPS) is 36.0. The number of rotatable bonds is 6. The van der Waals surface area contributed by atoms with E-state index in [2.05, 4.69) is 0 Å². The fraction of sp³-hybridized carbons (Fsp3) is 1.00. The topological polar surface area (TPSA) is 53.7 Å². The van der Waals surface area contributed by atoms with Crippen LogP contribution >= 0.6 is 0 Å². The first kappa shape index (κ1) is 11.3. The molecule has 0 aliphatic heterocycles. The Hall–Kier alpha value is -0.160. The molecule has 3 unspecified atom stereocenters. The van der Waals surface area contributed by atoms with Crippen molar-refractivity contribution in [3.8, 4) is 0 Å². The zero-order valence-corrected chi connectivity index (χ0v) is 9.35. The maximum Gasteiger partial charge on any atom is 0.0989 e. The van der Waals surface area contributed by atoms with E-state index in [1.165, 1.54) is 19.3 Å². The number of hydrogen-bond acceptors (Lipinski definition) is 4. The number of hydrogen-bond donors (Lipinski definition) is 1. The second kappa shape index (κ2) is 5.25. The van der Waals surface area contributed by atoms with Gasteiger partial charge in [-0.1, -0.05) is 0 Å². The first-order valence-electron chi connectivity index (χ1n) is 5.83. The van der Waals surface area contributed by atoms with Crippen LogP contribution in [0.25, 0.3) is 0 Å². The molecule has 0 radical (unpaired) electrons. The summed E-state index contributed by atoms with van der Waals surface area (Å²) in [5, 5.41) is 0. The van der Waals surface area contributed by atoms with E-state index in [0.717, 1.165) is 6.42 Å². The predicted octanol–water partition coefficient (Wildman–Crippen LogP) is 0.687. The Balaban J connectivity index is 1.65. The highest BCUT2D eigenvalue weighted by Crippen LogP contribution is 2.32. The molecule has 4 heteroatoms. The van der Waals surface area contributed by atoms with Crippen molar-refractivity contribution < 1.29 is 14.2 Å². The largest absolute Gasteiger partial charge is 0.382 e. The van der Waals surface area contributed by atoms with E-state index in [1.54, 1.807) is 7.11 Å². The molecule has 0 spiro atoms. The molecule has 0 amide bonds. The molecule has 2 N–H and O–H groups in total. The average molecular weight is 215 g/mol. The monoisotopic (exact) mass is 215 g/mol. The highest BCUT2D eigenvalue weighted by Gasteiger charge is 2.42. The van der Waals surface area contributed by atoms with Gasteiger partial charge in [-0.05, 0) is 25.7 Å². The molecular formula is C11H21NO3. The second-order valence-electron chi connectivity index (χ2n) is 4.46. The van der Waals surface area contributed by atoms with Crippen molar-refractivity contribution in [2.24, 2.45) is 5.73 Å². The van der Waals surface area contributed by atoms with Crippen LogP contribution in [0.3, 0.4) is 0 Å². The van der Waals surface area contributed by atoms with E-state index >= 15 is 0 Å². The Morgan fingerprint density at radius 3 is 2.60 bits per heavy atom. The molecule has 4 nitrogen and oxygen atoms in total. The summed E-state index contributed by atoms with van der Waals surface area (Å²) in [5.41, 5.74) is 5.88. The molecular weight excluding hydrogens is 194 g/mol. The summed E-state index contributed by atoms with van der Waals surface area (Å²) >= 11 is 0. The van der Waals surface area contributed by atoms with Crippen LogP contribution in [0, 0.1) is 0 Å². The van der Waals surface area contributed by atoms with Crippen molar-refractivity contribution in [3.05, 3.63) is 0 Å². The van der Waals surface area contributed by atoms with Crippen molar-refractivity contribution in [1.29, 1.82) is 0 Å². The van der Waals surface area contributed by atoms with Gasteiger partial charge < -0.3 is 19.9 Å². The van der Waals surface area contributed by atoms with Gasteiger partial charge >= 0.3 is 0 Å². The van der Waals surface area contributed by atoms with Crippen LogP contribution in [0.4, 0.5) is 0 Å². The van der Waals surface area contributed by atoms with Gasteiger partial charge in [0.25, 0.3) is 0 Å². The van der Waals surface area contributed by atoms with Crippen molar-refractivity contribution >= 4 is 0 Å². The third-order valence-electron chi connectivity index (χ3n) is 3.31. The van der Waals surface area contributed by atoms with Crippen molar-refractivity contribution in [1.82, 2.24) is 0 Å². The van der Waals surface area contributed by atoms with Gasteiger partial charge in [0.05, 0.1) is 31.5 Å². The van der Waals surface area contributed by atoms with Gasteiger partial charge in [0.15, 0.2) is 0 Å². The lowest BCUT2D eigenvalue weighted by molar-refractivity contribution is -0.177. The summed E-state index contributed by atoms with van der Waals surface area (Å²) in [4.78, 5) is 0. The molecule has 0 bridgehead atoms. The molecule has 2 aliphatic rings. The summed E-state index contributed by atoms with van der Waals surface area (Å²) in [6.07, 6.45) is 5.43. The molecule has 2 fully saturated rings. The van der Waals surface area contributed by atoms with Gasteiger partial charge in [-0.25, -0.2) is 0 Å². The summed E-state index contributed by atoms with van der Waals surface area (Å²) < 4.78 is 16.5. The summed E-state index contributed by atoms with van der Waals surface area (Å²) in [6.45, 7) is 1.23. The number of nitrogens with two attached hydrogens (primary N) is 1. The minimum Gasteiger partial charge on any atom is -0.382 e. The molecule has 3 atom stereocenters. The van der Waals surface area contributed by atoms with Gasteiger partial charge in [0.2, 0.25) is 0 Å². The zero-order valence-electron chi connectivity index (χ0n) is 9.35. The van der Waals surface area contributed by atoms with E-state index in [0.29, 0.717) is 19.3 Å². The third-order valence-corrected chi connectivity index (χ3v) is 3.31. The lowest BCUT2D eigenvalue weighted by Gasteiger charge is -2.44. The second-order valence-corrected chi connectivity index (χ2v) is 4.46. The highest BCUT2D eigenvalue weighted by atomic mass is 16.6. The third kappa shape index (κ3) is 2.69. The number of methoxy groups -OCH3 is 1. The lowest BCUT2D eigenvalue weighted by Crippen LogP contribution is -2.59. The molecule has 0 aromatic rings.